The highest BCUT2D eigenvalue weighted by molar-refractivity contribution is 7.90. The number of benzene rings is 1. The number of nitrogens with one attached hydrogen (secondary N) is 2. The lowest BCUT2D eigenvalue weighted by molar-refractivity contribution is -0.0496. The first-order chi connectivity index (χ1) is 13.2. The zero-order valence-electron chi connectivity index (χ0n) is 16.1. The summed E-state index contributed by atoms with van der Waals surface area (Å²) in [4.78, 5) is 4.17. The van der Waals surface area contributed by atoms with Crippen molar-refractivity contribution < 1.29 is 21.6 Å². The van der Waals surface area contributed by atoms with Crippen LogP contribution in [-0.2, 0) is 23.0 Å². The first kappa shape index (κ1) is 22.5. The molecular weight excluding hydrogens is 393 g/mol. The van der Waals surface area contributed by atoms with Gasteiger partial charge in [0.2, 0.25) is 0 Å². The number of aliphatic imine (C=N–C) groups is 1. The van der Waals surface area contributed by atoms with Gasteiger partial charge in [0.25, 0.3) is 0 Å². The Morgan fingerprint density at radius 2 is 1.79 bits per heavy atom. The highest BCUT2D eigenvalue weighted by atomic mass is 32.2. The van der Waals surface area contributed by atoms with Gasteiger partial charge in [0.15, 0.2) is 5.96 Å². The topological polar surface area (TPSA) is 73.8 Å². The monoisotopic (exact) mass is 420 g/mol. The van der Waals surface area contributed by atoms with Gasteiger partial charge in [0.05, 0.1) is 0 Å². The maximum atomic E-state index is 12.6. The minimum atomic E-state index is -5.24. The highest BCUT2D eigenvalue weighted by Gasteiger charge is 2.50. The van der Waals surface area contributed by atoms with Gasteiger partial charge >= 0.3 is 15.5 Å². The van der Waals surface area contributed by atoms with Crippen molar-refractivity contribution in [3.63, 3.8) is 0 Å². The standard InChI is InChI=1S/C18H27F3N4O2S/c1-3-15-6-4-5-7-16(15)13-24-17(22-2)23-12-14-8-10-25(11-9-14)28(26,27)18(19,20)21/h4-7,14H,3,8-13H2,1-2H3,(H2,22,23,24). The molecule has 10 heteroatoms. The molecule has 0 spiro atoms. The fourth-order valence-corrected chi connectivity index (χ4v) is 4.20. The Morgan fingerprint density at radius 1 is 1.18 bits per heavy atom. The fraction of sp³-hybridized carbons (Fsp3) is 0.611. The maximum Gasteiger partial charge on any atom is 0.511 e. The molecule has 0 bridgehead atoms. The van der Waals surface area contributed by atoms with Crippen molar-refractivity contribution in [2.24, 2.45) is 10.9 Å². The van der Waals surface area contributed by atoms with Crippen LogP contribution >= 0.6 is 0 Å². The predicted molar refractivity (Wildman–Crippen MR) is 103 cm³/mol. The van der Waals surface area contributed by atoms with E-state index in [4.69, 9.17) is 0 Å². The molecule has 1 aromatic carbocycles. The van der Waals surface area contributed by atoms with Crippen LogP contribution in [-0.4, -0.2) is 50.9 Å². The van der Waals surface area contributed by atoms with Gasteiger partial charge < -0.3 is 10.6 Å². The number of alkyl halides is 3. The van der Waals surface area contributed by atoms with Gasteiger partial charge in [-0.2, -0.15) is 17.5 Å². The lowest BCUT2D eigenvalue weighted by Crippen LogP contribution is -2.47. The van der Waals surface area contributed by atoms with Crippen molar-refractivity contribution in [2.45, 2.75) is 38.2 Å². The van der Waals surface area contributed by atoms with Crippen LogP contribution in [0.3, 0.4) is 0 Å². The average Bonchev–Trinajstić information content (AvgIpc) is 2.68. The number of guanidine groups is 1. The van der Waals surface area contributed by atoms with Crippen LogP contribution in [0.1, 0.15) is 30.9 Å². The molecule has 0 aromatic heterocycles. The first-order valence-electron chi connectivity index (χ1n) is 9.26. The van der Waals surface area contributed by atoms with Gasteiger partial charge in [-0.15, -0.1) is 0 Å². The van der Waals surface area contributed by atoms with Crippen molar-refractivity contribution in [3.05, 3.63) is 35.4 Å². The second kappa shape index (κ2) is 9.60. The number of hydrogen-bond acceptors (Lipinski definition) is 3. The van der Waals surface area contributed by atoms with Crippen LogP contribution in [0, 0.1) is 5.92 Å². The Kier molecular flexibility index (Phi) is 7.70. The molecule has 1 aliphatic heterocycles. The van der Waals surface area contributed by atoms with E-state index in [0.717, 1.165) is 6.42 Å². The lowest BCUT2D eigenvalue weighted by Gasteiger charge is -2.31. The number of nitrogens with zero attached hydrogens (tertiary/aromatic N) is 2. The summed E-state index contributed by atoms with van der Waals surface area (Å²) < 4.78 is 61.3. The first-order valence-corrected chi connectivity index (χ1v) is 10.7. The Labute approximate surface area is 164 Å². The Morgan fingerprint density at radius 3 is 2.32 bits per heavy atom. The normalized spacial score (nSPS) is 17.5. The molecule has 2 rings (SSSR count). The molecule has 2 N–H and O–H groups in total. The summed E-state index contributed by atoms with van der Waals surface area (Å²) in [5, 5.41) is 6.42. The van der Waals surface area contributed by atoms with E-state index < -0.39 is 15.5 Å². The molecule has 0 unspecified atom stereocenters. The van der Waals surface area contributed by atoms with Gasteiger partial charge in [0.1, 0.15) is 0 Å². The molecule has 0 aliphatic carbocycles. The summed E-state index contributed by atoms with van der Waals surface area (Å²) in [6, 6.07) is 8.11. The van der Waals surface area contributed by atoms with Gasteiger partial charge in [-0.25, -0.2) is 8.42 Å². The van der Waals surface area contributed by atoms with Gasteiger partial charge in [-0.05, 0) is 36.3 Å². The van der Waals surface area contributed by atoms with Crippen molar-refractivity contribution in [1.82, 2.24) is 14.9 Å². The van der Waals surface area contributed by atoms with Gasteiger partial charge in [0, 0.05) is 33.2 Å². The molecule has 1 heterocycles. The second-order valence-corrected chi connectivity index (χ2v) is 8.65. The molecule has 1 fully saturated rings. The van der Waals surface area contributed by atoms with Crippen LogP contribution < -0.4 is 10.6 Å². The Bertz CT molecular complexity index is 773. The molecule has 1 aromatic rings. The summed E-state index contributed by atoms with van der Waals surface area (Å²) in [6.07, 6.45) is 1.68. The van der Waals surface area contributed by atoms with Crippen molar-refractivity contribution >= 4 is 16.0 Å². The van der Waals surface area contributed by atoms with E-state index in [0.29, 0.717) is 36.2 Å². The lowest BCUT2D eigenvalue weighted by atomic mass is 9.98. The van der Waals surface area contributed by atoms with E-state index in [-0.39, 0.29) is 19.0 Å². The zero-order chi connectivity index (χ0) is 20.8. The number of hydrogen-bond donors (Lipinski definition) is 2. The highest BCUT2D eigenvalue weighted by Crippen LogP contribution is 2.30. The predicted octanol–water partition coefficient (Wildman–Crippen LogP) is 2.48. The SMILES string of the molecule is CCc1ccccc1CNC(=NC)NCC1CCN(S(=O)(=O)C(F)(F)F)CC1. The summed E-state index contributed by atoms with van der Waals surface area (Å²) in [5.41, 5.74) is -2.80. The van der Waals surface area contributed by atoms with Crippen LogP contribution in [0.5, 0.6) is 0 Å². The average molecular weight is 421 g/mol. The third-order valence-corrected chi connectivity index (χ3v) is 6.56. The fourth-order valence-electron chi connectivity index (χ4n) is 3.22. The van der Waals surface area contributed by atoms with Crippen LogP contribution in [0.2, 0.25) is 0 Å². The third-order valence-electron chi connectivity index (χ3n) is 4.93. The molecule has 1 aliphatic rings. The smallest absolute Gasteiger partial charge is 0.356 e. The molecule has 6 nitrogen and oxygen atoms in total. The second-order valence-electron chi connectivity index (χ2n) is 6.72. The molecular formula is C18H27F3N4O2S. The molecule has 0 atom stereocenters. The number of aryl methyl sites for hydroxylation is 1. The summed E-state index contributed by atoms with van der Waals surface area (Å²) in [6.45, 7) is 2.99. The van der Waals surface area contributed by atoms with E-state index in [2.05, 4.69) is 34.7 Å². The molecule has 0 saturated carbocycles. The van der Waals surface area contributed by atoms with E-state index >= 15 is 0 Å². The summed E-state index contributed by atoms with van der Waals surface area (Å²) >= 11 is 0. The minimum absolute atomic E-state index is 0.0844. The van der Waals surface area contributed by atoms with E-state index in [9.17, 15) is 21.6 Å². The van der Waals surface area contributed by atoms with Gasteiger partial charge in [-0.3, -0.25) is 4.99 Å². The van der Waals surface area contributed by atoms with Crippen molar-refractivity contribution in [3.8, 4) is 0 Å². The van der Waals surface area contributed by atoms with Crippen LogP contribution in [0.4, 0.5) is 13.2 Å². The van der Waals surface area contributed by atoms with Crippen LogP contribution in [0.25, 0.3) is 0 Å². The summed E-state index contributed by atoms with van der Waals surface area (Å²) in [7, 11) is -3.58. The third kappa shape index (κ3) is 5.60. The zero-order valence-corrected chi connectivity index (χ0v) is 16.9. The quantitative estimate of drug-likeness (QED) is 0.548. The van der Waals surface area contributed by atoms with Gasteiger partial charge in [-0.1, -0.05) is 31.2 Å². The number of halogens is 3. The Hall–Kier alpha value is -1.81. The minimum Gasteiger partial charge on any atom is -0.356 e. The van der Waals surface area contributed by atoms with Crippen molar-refractivity contribution in [1.29, 1.82) is 0 Å². The van der Waals surface area contributed by atoms with Crippen LogP contribution in [0.15, 0.2) is 29.3 Å². The molecule has 0 radical (unpaired) electrons. The molecule has 0 amide bonds. The van der Waals surface area contributed by atoms with E-state index in [1.165, 1.54) is 11.1 Å². The summed E-state index contributed by atoms with van der Waals surface area (Å²) in [5.74, 6) is 0.692. The maximum absolute atomic E-state index is 12.6. The molecule has 28 heavy (non-hydrogen) atoms. The van der Waals surface area contributed by atoms with Crippen molar-refractivity contribution in [2.75, 3.05) is 26.7 Å². The number of sulfonamides is 1. The Balaban J connectivity index is 1.81. The van der Waals surface area contributed by atoms with E-state index in [1.807, 2.05) is 12.1 Å². The largest absolute Gasteiger partial charge is 0.511 e. The van der Waals surface area contributed by atoms with E-state index in [1.54, 1.807) is 7.05 Å². The number of piperidine rings is 1. The molecule has 158 valence electrons. The molecule has 1 saturated heterocycles. The number of rotatable bonds is 6.